The fourth-order valence-electron chi connectivity index (χ4n) is 1.30. The van der Waals surface area contributed by atoms with Crippen molar-refractivity contribution in [3.8, 4) is 0 Å². The zero-order valence-electron chi connectivity index (χ0n) is 9.18. The first-order valence-electron chi connectivity index (χ1n) is 4.67. The zero-order chi connectivity index (χ0) is 10.5. The molecule has 0 aliphatic rings. The number of carbonyl (C=O) groups is 1. The van der Waals surface area contributed by atoms with Crippen LogP contribution in [-0.4, -0.2) is 13.9 Å². The van der Waals surface area contributed by atoms with Crippen LogP contribution >= 0.6 is 0 Å². The van der Waals surface area contributed by atoms with Crippen LogP contribution in [0.4, 0.5) is 0 Å². The maximum Gasteiger partial charge on any atom is 0.159 e. The summed E-state index contributed by atoms with van der Waals surface area (Å²) in [7, 11) is -1.09. The maximum atomic E-state index is 11.2. The van der Waals surface area contributed by atoms with Crippen LogP contribution < -0.4 is 0 Å². The molecule has 0 aromatic carbocycles. The lowest BCUT2D eigenvalue weighted by Crippen LogP contribution is -2.20. The van der Waals surface area contributed by atoms with Crippen LogP contribution in [0, 0.1) is 0 Å². The van der Waals surface area contributed by atoms with E-state index >= 15 is 0 Å². The molecule has 74 valence electrons. The van der Waals surface area contributed by atoms with Crippen LogP contribution in [0.2, 0.25) is 25.7 Å². The Morgan fingerprint density at radius 2 is 1.92 bits per heavy atom. The number of hydrogen-bond donors (Lipinski definition) is 0. The minimum atomic E-state index is -1.09. The Morgan fingerprint density at radius 1 is 1.38 bits per heavy atom. The number of allylic oxidation sites excluding steroid dienone is 3. The van der Waals surface area contributed by atoms with Gasteiger partial charge in [0.05, 0.1) is 0 Å². The molecular weight excluding hydrogens is 176 g/mol. The Hall–Kier alpha value is -0.633. The Labute approximate surface area is 82.6 Å². The summed E-state index contributed by atoms with van der Waals surface area (Å²) in [5.74, 6) is 0.172. The second kappa shape index (κ2) is 5.17. The molecule has 0 saturated carbocycles. The van der Waals surface area contributed by atoms with E-state index in [-0.39, 0.29) is 5.78 Å². The minimum absolute atomic E-state index is 0.172. The van der Waals surface area contributed by atoms with Gasteiger partial charge in [-0.15, -0.1) is 0 Å². The predicted octanol–water partition coefficient (Wildman–Crippen LogP) is 3.42. The fourth-order valence-corrected chi connectivity index (χ4v) is 2.93. The lowest BCUT2D eigenvalue weighted by atomic mass is 10.1. The molecule has 0 saturated heterocycles. The Kier molecular flexibility index (Phi) is 4.92. The summed E-state index contributed by atoms with van der Waals surface area (Å²) in [5, 5.41) is 0. The van der Waals surface area contributed by atoms with Crippen LogP contribution in [0.1, 0.15) is 13.3 Å². The average Bonchev–Trinajstić information content (AvgIpc) is 1.81. The van der Waals surface area contributed by atoms with Crippen molar-refractivity contribution < 1.29 is 4.79 Å². The molecule has 0 bridgehead atoms. The van der Waals surface area contributed by atoms with Gasteiger partial charge in [0.1, 0.15) is 0 Å². The van der Waals surface area contributed by atoms with E-state index in [1.807, 2.05) is 6.92 Å². The van der Waals surface area contributed by atoms with Gasteiger partial charge in [0.15, 0.2) is 5.78 Å². The highest BCUT2D eigenvalue weighted by molar-refractivity contribution is 6.76. The van der Waals surface area contributed by atoms with E-state index in [0.717, 1.165) is 11.6 Å². The van der Waals surface area contributed by atoms with Crippen LogP contribution in [0.3, 0.4) is 0 Å². The number of rotatable bonds is 5. The van der Waals surface area contributed by atoms with E-state index in [0.29, 0.717) is 6.42 Å². The summed E-state index contributed by atoms with van der Waals surface area (Å²) < 4.78 is 0. The highest BCUT2D eigenvalue weighted by atomic mass is 28.3. The van der Waals surface area contributed by atoms with Crippen LogP contribution in [0.25, 0.3) is 0 Å². The molecule has 0 aliphatic carbocycles. The summed E-state index contributed by atoms with van der Waals surface area (Å²) >= 11 is 0. The second-order valence-corrected chi connectivity index (χ2v) is 10.1. The van der Waals surface area contributed by atoms with Gasteiger partial charge in [0, 0.05) is 14.5 Å². The first-order chi connectivity index (χ1) is 5.85. The van der Waals surface area contributed by atoms with Gasteiger partial charge in [-0.05, 0) is 19.0 Å². The summed E-state index contributed by atoms with van der Waals surface area (Å²) in [5.41, 5.74) is 1.09. The number of carbonyl (C=O) groups excluding carboxylic acids is 1. The molecule has 0 amide bonds. The molecule has 0 rings (SSSR count). The van der Waals surface area contributed by atoms with Gasteiger partial charge >= 0.3 is 0 Å². The highest BCUT2D eigenvalue weighted by Gasteiger charge is 2.15. The Morgan fingerprint density at radius 3 is 2.31 bits per heavy atom. The third-order valence-electron chi connectivity index (χ3n) is 1.56. The smallest absolute Gasteiger partial charge is 0.159 e. The van der Waals surface area contributed by atoms with Gasteiger partial charge in [-0.1, -0.05) is 37.9 Å². The quantitative estimate of drug-likeness (QED) is 0.374. The molecule has 0 unspecified atom stereocenters. The molecule has 0 atom stereocenters. The van der Waals surface area contributed by atoms with E-state index in [1.54, 1.807) is 12.2 Å². The molecule has 0 aromatic rings. The number of hydrogen-bond acceptors (Lipinski definition) is 1. The van der Waals surface area contributed by atoms with E-state index in [4.69, 9.17) is 0 Å². The highest BCUT2D eigenvalue weighted by Crippen LogP contribution is 2.17. The monoisotopic (exact) mass is 196 g/mol. The van der Waals surface area contributed by atoms with E-state index in [9.17, 15) is 4.79 Å². The fraction of sp³-hybridized carbons (Fsp3) is 0.545. The first-order valence-corrected chi connectivity index (χ1v) is 8.38. The first kappa shape index (κ1) is 12.4. The third kappa shape index (κ3) is 7.72. The molecule has 1 nitrogen and oxygen atoms in total. The summed E-state index contributed by atoms with van der Waals surface area (Å²) in [6.07, 6.45) is 3.92. The number of ketones is 1. The molecule has 0 aliphatic heterocycles. The predicted molar refractivity (Wildman–Crippen MR) is 61.7 cm³/mol. The van der Waals surface area contributed by atoms with Crippen molar-refractivity contribution >= 4 is 13.9 Å². The van der Waals surface area contributed by atoms with Gasteiger partial charge in [0.2, 0.25) is 0 Å². The van der Waals surface area contributed by atoms with Gasteiger partial charge in [0.25, 0.3) is 0 Å². The van der Waals surface area contributed by atoms with Gasteiger partial charge in [-0.25, -0.2) is 0 Å². The van der Waals surface area contributed by atoms with E-state index < -0.39 is 8.07 Å². The van der Waals surface area contributed by atoms with Gasteiger partial charge in [-0.3, -0.25) is 4.79 Å². The van der Waals surface area contributed by atoms with E-state index in [1.165, 1.54) is 0 Å². The van der Waals surface area contributed by atoms with Crippen LogP contribution in [0.5, 0.6) is 0 Å². The lowest BCUT2D eigenvalue weighted by Gasteiger charge is -2.16. The van der Waals surface area contributed by atoms with Crippen molar-refractivity contribution in [1.82, 2.24) is 0 Å². The zero-order valence-corrected chi connectivity index (χ0v) is 10.2. The SMILES string of the molecule is C=C(CC(=O)/C=C/C)C[Si](C)(C)C. The second-order valence-electron chi connectivity index (χ2n) is 4.63. The van der Waals surface area contributed by atoms with Gasteiger partial charge in [-0.2, -0.15) is 0 Å². The van der Waals surface area contributed by atoms with Gasteiger partial charge < -0.3 is 0 Å². The lowest BCUT2D eigenvalue weighted by molar-refractivity contribution is -0.114. The third-order valence-corrected chi connectivity index (χ3v) is 3.12. The molecule has 0 heterocycles. The van der Waals surface area contributed by atoms with Crippen molar-refractivity contribution in [1.29, 1.82) is 0 Å². The van der Waals surface area contributed by atoms with Crippen LogP contribution in [0.15, 0.2) is 24.3 Å². The summed E-state index contributed by atoms with van der Waals surface area (Å²) in [4.78, 5) is 11.2. The van der Waals surface area contributed by atoms with Crippen molar-refractivity contribution in [3.05, 3.63) is 24.3 Å². The van der Waals surface area contributed by atoms with Crippen LogP contribution in [-0.2, 0) is 4.79 Å². The van der Waals surface area contributed by atoms with Crippen molar-refractivity contribution in [3.63, 3.8) is 0 Å². The summed E-state index contributed by atoms with van der Waals surface area (Å²) in [6, 6.07) is 1.05. The normalized spacial score (nSPS) is 12.0. The largest absolute Gasteiger partial charge is 0.295 e. The van der Waals surface area contributed by atoms with E-state index in [2.05, 4.69) is 26.2 Å². The molecule has 0 aromatic heterocycles. The molecule has 0 spiro atoms. The molecule has 0 N–H and O–H groups in total. The molecule has 2 heteroatoms. The molecule has 0 radical (unpaired) electrons. The molecule has 0 fully saturated rings. The maximum absolute atomic E-state index is 11.2. The van der Waals surface area contributed by atoms with Crippen molar-refractivity contribution in [2.45, 2.75) is 39.0 Å². The Balaban J connectivity index is 3.96. The average molecular weight is 196 g/mol. The topological polar surface area (TPSA) is 17.1 Å². The minimum Gasteiger partial charge on any atom is -0.295 e. The molecule has 13 heavy (non-hydrogen) atoms. The standard InChI is InChI=1S/C11H20OSi/c1-6-7-11(12)8-10(2)9-13(3,4)5/h6-7H,2,8-9H2,1,3-5H3/b7-6+. The van der Waals surface area contributed by atoms with Crippen molar-refractivity contribution in [2.75, 3.05) is 0 Å². The Bertz CT molecular complexity index is 221. The molecular formula is C11H20OSi. The van der Waals surface area contributed by atoms with Crippen molar-refractivity contribution in [2.24, 2.45) is 0 Å². The summed E-state index contributed by atoms with van der Waals surface area (Å²) in [6.45, 7) is 12.7.